The summed E-state index contributed by atoms with van der Waals surface area (Å²) in [7, 11) is 1.46. The second kappa shape index (κ2) is 8.31. The predicted molar refractivity (Wildman–Crippen MR) is 89.5 cm³/mol. The number of methoxy groups -OCH3 is 1. The van der Waals surface area contributed by atoms with Gasteiger partial charge >= 0.3 is 0 Å². The van der Waals surface area contributed by atoms with Crippen molar-refractivity contribution < 1.29 is 18.7 Å². The number of amides is 2. The van der Waals surface area contributed by atoms with Crippen LogP contribution in [0.25, 0.3) is 0 Å². The molecule has 0 bridgehead atoms. The fourth-order valence-corrected chi connectivity index (χ4v) is 2.19. The van der Waals surface area contributed by atoms with Crippen LogP contribution in [0.15, 0.2) is 42.5 Å². The molecule has 0 spiro atoms. The number of rotatable bonds is 6. The van der Waals surface area contributed by atoms with Gasteiger partial charge in [0.2, 0.25) is 11.8 Å². The molecule has 0 heterocycles. The van der Waals surface area contributed by atoms with E-state index in [1.54, 1.807) is 30.3 Å². The van der Waals surface area contributed by atoms with Gasteiger partial charge in [-0.2, -0.15) is 0 Å². The molecule has 0 saturated carbocycles. The number of hydrogen-bond donors (Lipinski definition) is 2. The molecule has 0 atom stereocenters. The highest BCUT2D eigenvalue weighted by atomic mass is 35.5. The largest absolute Gasteiger partial charge is 0.495 e. The van der Waals surface area contributed by atoms with Gasteiger partial charge in [0.1, 0.15) is 18.0 Å². The van der Waals surface area contributed by atoms with Crippen LogP contribution in [-0.4, -0.2) is 18.9 Å². The summed E-state index contributed by atoms with van der Waals surface area (Å²) >= 11 is 5.87. The molecule has 0 aliphatic carbocycles. The Labute approximate surface area is 143 Å². The first-order valence-corrected chi connectivity index (χ1v) is 7.51. The van der Waals surface area contributed by atoms with Crippen molar-refractivity contribution in [1.82, 2.24) is 5.32 Å². The highest BCUT2D eigenvalue weighted by molar-refractivity contribution is 6.31. The zero-order valence-corrected chi connectivity index (χ0v) is 13.7. The Bertz CT molecular complexity index is 752. The van der Waals surface area contributed by atoms with Crippen molar-refractivity contribution in [2.24, 2.45) is 0 Å². The third kappa shape index (κ3) is 4.96. The van der Waals surface area contributed by atoms with Crippen LogP contribution in [0.1, 0.15) is 12.0 Å². The van der Waals surface area contributed by atoms with Gasteiger partial charge in [-0.15, -0.1) is 0 Å². The minimum Gasteiger partial charge on any atom is -0.495 e. The number of carbonyl (C=O) groups is 2. The molecular formula is C17H16ClFN2O3. The molecule has 0 fully saturated rings. The topological polar surface area (TPSA) is 67.4 Å². The lowest BCUT2D eigenvalue weighted by molar-refractivity contribution is -0.126. The van der Waals surface area contributed by atoms with Gasteiger partial charge in [-0.25, -0.2) is 4.39 Å². The number of halogens is 2. The first-order valence-electron chi connectivity index (χ1n) is 7.13. The molecule has 5 nitrogen and oxygen atoms in total. The molecule has 7 heteroatoms. The fraction of sp³-hybridized carbons (Fsp3) is 0.176. The summed E-state index contributed by atoms with van der Waals surface area (Å²) in [6.07, 6.45) is -0.399. The van der Waals surface area contributed by atoms with Gasteiger partial charge < -0.3 is 15.4 Å². The summed E-state index contributed by atoms with van der Waals surface area (Å²) < 4.78 is 18.6. The summed E-state index contributed by atoms with van der Waals surface area (Å²) in [5, 5.41) is 5.48. The van der Waals surface area contributed by atoms with E-state index in [-0.39, 0.29) is 6.54 Å². The molecule has 126 valence electrons. The van der Waals surface area contributed by atoms with Crippen LogP contribution in [-0.2, 0) is 16.1 Å². The van der Waals surface area contributed by atoms with Gasteiger partial charge in [0.25, 0.3) is 0 Å². The molecule has 2 rings (SSSR count). The maximum absolute atomic E-state index is 13.5. The van der Waals surface area contributed by atoms with Crippen LogP contribution >= 0.6 is 11.6 Å². The van der Waals surface area contributed by atoms with E-state index < -0.39 is 24.1 Å². The van der Waals surface area contributed by atoms with Crippen LogP contribution in [0, 0.1) is 5.82 Å². The highest BCUT2D eigenvalue weighted by Crippen LogP contribution is 2.27. The molecule has 0 aromatic heterocycles. The number of anilines is 1. The number of nitrogens with one attached hydrogen (secondary N) is 2. The molecular weight excluding hydrogens is 335 g/mol. The fourth-order valence-electron chi connectivity index (χ4n) is 2.02. The van der Waals surface area contributed by atoms with Crippen molar-refractivity contribution in [3.8, 4) is 5.75 Å². The van der Waals surface area contributed by atoms with Crippen molar-refractivity contribution in [2.75, 3.05) is 12.4 Å². The third-order valence-corrected chi connectivity index (χ3v) is 3.43. The average molecular weight is 351 g/mol. The first-order chi connectivity index (χ1) is 11.5. The van der Waals surface area contributed by atoms with Crippen LogP contribution in [0.4, 0.5) is 10.1 Å². The zero-order chi connectivity index (χ0) is 17.5. The van der Waals surface area contributed by atoms with Crippen molar-refractivity contribution in [3.05, 3.63) is 58.9 Å². The molecule has 0 radical (unpaired) electrons. The highest BCUT2D eigenvalue weighted by Gasteiger charge is 2.13. The molecule has 2 amide bonds. The molecule has 2 aromatic rings. The SMILES string of the molecule is COc1ccc(Cl)cc1NC(=O)CC(=O)NCc1ccccc1F. The van der Waals surface area contributed by atoms with Crippen molar-refractivity contribution in [1.29, 1.82) is 0 Å². The average Bonchev–Trinajstić information content (AvgIpc) is 2.54. The summed E-state index contributed by atoms with van der Waals surface area (Å²) in [6.45, 7) is 0.0132. The Morgan fingerprint density at radius 3 is 2.62 bits per heavy atom. The van der Waals surface area contributed by atoms with Gasteiger partial charge in [-0.05, 0) is 24.3 Å². The van der Waals surface area contributed by atoms with Crippen LogP contribution < -0.4 is 15.4 Å². The van der Waals surface area contributed by atoms with E-state index in [4.69, 9.17) is 16.3 Å². The monoisotopic (exact) mass is 350 g/mol. The quantitative estimate of drug-likeness (QED) is 0.786. The number of benzene rings is 2. The molecule has 2 N–H and O–H groups in total. The smallest absolute Gasteiger partial charge is 0.233 e. The molecule has 0 saturated heterocycles. The number of ether oxygens (including phenoxy) is 1. The Hall–Kier alpha value is -2.60. The second-order valence-corrected chi connectivity index (χ2v) is 5.37. The minimum absolute atomic E-state index is 0.0132. The van der Waals surface area contributed by atoms with Crippen molar-refractivity contribution in [3.63, 3.8) is 0 Å². The van der Waals surface area contributed by atoms with Gasteiger partial charge in [0.05, 0.1) is 12.8 Å². The van der Waals surface area contributed by atoms with Crippen LogP contribution in [0.2, 0.25) is 5.02 Å². The summed E-state index contributed by atoms with van der Waals surface area (Å²) in [4.78, 5) is 23.7. The molecule has 2 aromatic carbocycles. The third-order valence-electron chi connectivity index (χ3n) is 3.19. The number of hydrogen-bond acceptors (Lipinski definition) is 3. The lowest BCUT2D eigenvalue weighted by Crippen LogP contribution is -2.28. The zero-order valence-electron chi connectivity index (χ0n) is 12.9. The standard InChI is InChI=1S/C17H16ClFN2O3/c1-24-15-7-6-12(18)8-14(15)21-17(23)9-16(22)20-10-11-4-2-3-5-13(11)19/h2-8H,9-10H2,1H3,(H,20,22)(H,21,23). The first kappa shape index (κ1) is 17.7. The normalized spacial score (nSPS) is 10.1. The van der Waals surface area contributed by atoms with Gasteiger partial charge in [-0.3, -0.25) is 9.59 Å². The Morgan fingerprint density at radius 2 is 1.92 bits per heavy atom. The predicted octanol–water partition coefficient (Wildman–Crippen LogP) is 3.13. The van der Waals surface area contributed by atoms with E-state index in [2.05, 4.69) is 10.6 Å². The summed E-state index contributed by atoms with van der Waals surface area (Å²) in [6, 6.07) is 10.9. The Balaban J connectivity index is 1.89. The van der Waals surface area contributed by atoms with Crippen LogP contribution in [0.3, 0.4) is 0 Å². The van der Waals surface area contributed by atoms with Crippen molar-refractivity contribution in [2.45, 2.75) is 13.0 Å². The van der Waals surface area contributed by atoms with Gasteiger partial charge in [-0.1, -0.05) is 29.8 Å². The van der Waals surface area contributed by atoms with E-state index >= 15 is 0 Å². The Kier molecular flexibility index (Phi) is 6.14. The molecule has 0 aliphatic heterocycles. The molecule has 0 unspecified atom stereocenters. The Morgan fingerprint density at radius 1 is 1.17 bits per heavy atom. The van der Waals surface area contributed by atoms with Gasteiger partial charge in [0, 0.05) is 17.1 Å². The number of carbonyl (C=O) groups excluding carboxylic acids is 2. The van der Waals surface area contributed by atoms with E-state index in [9.17, 15) is 14.0 Å². The summed E-state index contributed by atoms with van der Waals surface area (Å²) in [5.41, 5.74) is 0.722. The lowest BCUT2D eigenvalue weighted by atomic mass is 10.2. The lowest BCUT2D eigenvalue weighted by Gasteiger charge is -2.11. The molecule has 0 aliphatic rings. The maximum Gasteiger partial charge on any atom is 0.233 e. The molecule has 24 heavy (non-hydrogen) atoms. The maximum atomic E-state index is 13.5. The second-order valence-electron chi connectivity index (χ2n) is 4.94. The van der Waals surface area contributed by atoms with E-state index in [0.717, 1.165) is 0 Å². The van der Waals surface area contributed by atoms with E-state index in [0.29, 0.717) is 22.0 Å². The van der Waals surface area contributed by atoms with E-state index in [1.165, 1.54) is 19.2 Å². The van der Waals surface area contributed by atoms with Gasteiger partial charge in [0.15, 0.2) is 0 Å². The minimum atomic E-state index is -0.526. The van der Waals surface area contributed by atoms with E-state index in [1.807, 2.05) is 0 Å². The van der Waals surface area contributed by atoms with Crippen LogP contribution in [0.5, 0.6) is 5.75 Å². The van der Waals surface area contributed by atoms with Crippen molar-refractivity contribution >= 4 is 29.1 Å². The summed E-state index contributed by atoms with van der Waals surface area (Å²) in [5.74, 6) is -1.02.